The number of hydrogen-bond acceptors (Lipinski definition) is 3. The van der Waals surface area contributed by atoms with Crippen LogP contribution in [0.2, 0.25) is 0 Å². The number of rotatable bonds is 4. The van der Waals surface area contributed by atoms with Crippen molar-refractivity contribution < 1.29 is 9.59 Å². The predicted octanol–water partition coefficient (Wildman–Crippen LogP) is 1.37. The SMILES string of the molecule is CCCNC(=O)N1CCN(C(=O)Cc2ccc3nc[nH]c3c2)CC1. The highest BCUT2D eigenvalue weighted by atomic mass is 16.2. The van der Waals surface area contributed by atoms with E-state index in [2.05, 4.69) is 15.3 Å². The van der Waals surface area contributed by atoms with Crippen LogP contribution in [-0.2, 0) is 11.2 Å². The van der Waals surface area contributed by atoms with Crippen molar-refractivity contribution in [3.05, 3.63) is 30.1 Å². The highest BCUT2D eigenvalue weighted by Crippen LogP contribution is 2.13. The third kappa shape index (κ3) is 3.67. The average Bonchev–Trinajstić information content (AvgIpc) is 3.07. The minimum Gasteiger partial charge on any atom is -0.345 e. The number of carbonyl (C=O) groups excluding carboxylic acids is 2. The topological polar surface area (TPSA) is 81.3 Å². The first-order valence-corrected chi connectivity index (χ1v) is 8.40. The Morgan fingerprint density at radius 1 is 1.21 bits per heavy atom. The highest BCUT2D eigenvalue weighted by molar-refractivity contribution is 5.82. The molecule has 1 aliphatic heterocycles. The van der Waals surface area contributed by atoms with Gasteiger partial charge in [-0.15, -0.1) is 0 Å². The normalized spacial score (nSPS) is 14.9. The Morgan fingerprint density at radius 3 is 2.71 bits per heavy atom. The van der Waals surface area contributed by atoms with Crippen LogP contribution >= 0.6 is 0 Å². The number of fused-ring (bicyclic) bond motifs is 1. The Hall–Kier alpha value is -2.57. The summed E-state index contributed by atoms with van der Waals surface area (Å²) < 4.78 is 0. The second-order valence-corrected chi connectivity index (χ2v) is 6.03. The van der Waals surface area contributed by atoms with Crippen LogP contribution in [-0.4, -0.2) is 64.4 Å². The van der Waals surface area contributed by atoms with Crippen LogP contribution in [0.4, 0.5) is 4.79 Å². The van der Waals surface area contributed by atoms with Gasteiger partial charge in [-0.1, -0.05) is 13.0 Å². The zero-order valence-electron chi connectivity index (χ0n) is 13.9. The monoisotopic (exact) mass is 329 g/mol. The number of aromatic nitrogens is 2. The summed E-state index contributed by atoms with van der Waals surface area (Å²) in [7, 11) is 0. The molecule has 128 valence electrons. The molecule has 24 heavy (non-hydrogen) atoms. The van der Waals surface area contributed by atoms with Crippen LogP contribution in [0.3, 0.4) is 0 Å². The summed E-state index contributed by atoms with van der Waals surface area (Å²) in [5.41, 5.74) is 2.82. The second-order valence-electron chi connectivity index (χ2n) is 6.03. The minimum absolute atomic E-state index is 0.0337. The van der Waals surface area contributed by atoms with Crippen molar-refractivity contribution >= 4 is 23.0 Å². The number of amides is 3. The van der Waals surface area contributed by atoms with Crippen LogP contribution in [0.1, 0.15) is 18.9 Å². The molecular weight excluding hydrogens is 306 g/mol. The quantitative estimate of drug-likeness (QED) is 0.889. The summed E-state index contributed by atoms with van der Waals surface area (Å²) in [4.78, 5) is 35.2. The lowest BCUT2D eigenvalue weighted by atomic mass is 10.1. The molecule has 0 radical (unpaired) electrons. The van der Waals surface area contributed by atoms with Gasteiger partial charge >= 0.3 is 6.03 Å². The number of nitrogens with one attached hydrogen (secondary N) is 2. The van der Waals surface area contributed by atoms with E-state index in [1.807, 2.05) is 30.0 Å². The Bertz CT molecular complexity index is 719. The van der Waals surface area contributed by atoms with Crippen molar-refractivity contribution in [2.75, 3.05) is 32.7 Å². The molecule has 0 unspecified atom stereocenters. The Labute approximate surface area is 141 Å². The average molecular weight is 329 g/mol. The molecule has 7 nitrogen and oxygen atoms in total. The Kier molecular flexibility index (Phi) is 4.98. The molecule has 2 heterocycles. The summed E-state index contributed by atoms with van der Waals surface area (Å²) in [5.74, 6) is 0.0995. The van der Waals surface area contributed by atoms with Gasteiger partial charge in [0.1, 0.15) is 0 Å². The lowest BCUT2D eigenvalue weighted by Gasteiger charge is -2.34. The first kappa shape index (κ1) is 16.3. The van der Waals surface area contributed by atoms with E-state index in [0.717, 1.165) is 23.0 Å². The van der Waals surface area contributed by atoms with Crippen molar-refractivity contribution in [3.8, 4) is 0 Å². The first-order chi connectivity index (χ1) is 11.7. The first-order valence-electron chi connectivity index (χ1n) is 8.40. The van der Waals surface area contributed by atoms with Crippen molar-refractivity contribution in [2.24, 2.45) is 0 Å². The van der Waals surface area contributed by atoms with Crippen LogP contribution < -0.4 is 5.32 Å². The number of benzene rings is 1. The molecule has 3 rings (SSSR count). The van der Waals surface area contributed by atoms with E-state index in [-0.39, 0.29) is 11.9 Å². The lowest BCUT2D eigenvalue weighted by molar-refractivity contribution is -0.131. The van der Waals surface area contributed by atoms with Gasteiger partial charge in [-0.25, -0.2) is 9.78 Å². The molecule has 0 spiro atoms. The van der Waals surface area contributed by atoms with E-state index < -0.39 is 0 Å². The summed E-state index contributed by atoms with van der Waals surface area (Å²) in [5, 5.41) is 2.87. The molecule has 7 heteroatoms. The van der Waals surface area contributed by atoms with E-state index in [1.54, 1.807) is 11.2 Å². The predicted molar refractivity (Wildman–Crippen MR) is 91.6 cm³/mol. The zero-order valence-corrected chi connectivity index (χ0v) is 13.9. The van der Waals surface area contributed by atoms with Crippen molar-refractivity contribution in [2.45, 2.75) is 19.8 Å². The Balaban J connectivity index is 1.52. The number of aromatic amines is 1. The van der Waals surface area contributed by atoms with E-state index in [9.17, 15) is 9.59 Å². The molecule has 1 aromatic heterocycles. The number of H-pyrrole nitrogens is 1. The molecule has 0 aliphatic carbocycles. The fourth-order valence-corrected chi connectivity index (χ4v) is 2.88. The molecule has 0 saturated carbocycles. The molecule has 1 aromatic carbocycles. The van der Waals surface area contributed by atoms with Crippen LogP contribution in [0.25, 0.3) is 11.0 Å². The van der Waals surface area contributed by atoms with Crippen LogP contribution in [0, 0.1) is 0 Å². The molecule has 1 fully saturated rings. The standard InChI is InChI=1S/C17H23N5O2/c1-2-5-18-17(24)22-8-6-21(7-9-22)16(23)11-13-3-4-14-15(10-13)20-12-19-14/h3-4,10,12H,2,5-9,11H2,1H3,(H,18,24)(H,19,20). The minimum atomic E-state index is -0.0337. The fraction of sp³-hybridized carbons (Fsp3) is 0.471. The molecule has 3 amide bonds. The van der Waals surface area contributed by atoms with Crippen LogP contribution in [0.15, 0.2) is 24.5 Å². The van der Waals surface area contributed by atoms with Gasteiger partial charge < -0.3 is 20.1 Å². The smallest absolute Gasteiger partial charge is 0.317 e. The van der Waals surface area contributed by atoms with Gasteiger partial charge in [0, 0.05) is 32.7 Å². The molecule has 0 atom stereocenters. The Morgan fingerprint density at radius 2 is 1.96 bits per heavy atom. The summed E-state index contributed by atoms with van der Waals surface area (Å²) in [6.07, 6.45) is 2.95. The van der Waals surface area contributed by atoms with Crippen molar-refractivity contribution in [3.63, 3.8) is 0 Å². The van der Waals surface area contributed by atoms with Crippen molar-refractivity contribution in [1.82, 2.24) is 25.1 Å². The number of nitrogens with zero attached hydrogens (tertiary/aromatic N) is 3. The molecule has 2 aromatic rings. The van der Waals surface area contributed by atoms with Gasteiger partial charge in [0.05, 0.1) is 23.8 Å². The van der Waals surface area contributed by atoms with Gasteiger partial charge in [-0.3, -0.25) is 4.79 Å². The maximum Gasteiger partial charge on any atom is 0.317 e. The maximum absolute atomic E-state index is 12.5. The zero-order chi connectivity index (χ0) is 16.9. The van der Waals surface area contributed by atoms with E-state index in [0.29, 0.717) is 39.1 Å². The van der Waals surface area contributed by atoms with E-state index >= 15 is 0 Å². The maximum atomic E-state index is 12.5. The van der Waals surface area contributed by atoms with Crippen LogP contribution in [0.5, 0.6) is 0 Å². The molecule has 1 aliphatic rings. The summed E-state index contributed by atoms with van der Waals surface area (Å²) >= 11 is 0. The van der Waals surface area contributed by atoms with Gasteiger partial charge in [-0.05, 0) is 24.1 Å². The van der Waals surface area contributed by atoms with Gasteiger partial charge in [0.15, 0.2) is 0 Å². The number of piperazine rings is 1. The third-order valence-electron chi connectivity index (χ3n) is 4.29. The molecule has 1 saturated heterocycles. The van der Waals surface area contributed by atoms with Gasteiger partial charge in [-0.2, -0.15) is 0 Å². The van der Waals surface area contributed by atoms with Gasteiger partial charge in [0.2, 0.25) is 5.91 Å². The highest BCUT2D eigenvalue weighted by Gasteiger charge is 2.23. The summed E-state index contributed by atoms with van der Waals surface area (Å²) in [6, 6.07) is 5.79. The number of imidazole rings is 1. The lowest BCUT2D eigenvalue weighted by Crippen LogP contribution is -2.53. The molecule has 0 bridgehead atoms. The molecule has 2 N–H and O–H groups in total. The number of hydrogen-bond donors (Lipinski definition) is 2. The number of carbonyl (C=O) groups is 2. The third-order valence-corrected chi connectivity index (χ3v) is 4.29. The van der Waals surface area contributed by atoms with Gasteiger partial charge in [0.25, 0.3) is 0 Å². The van der Waals surface area contributed by atoms with E-state index in [1.165, 1.54) is 0 Å². The summed E-state index contributed by atoms with van der Waals surface area (Å²) in [6.45, 7) is 5.06. The molecular formula is C17H23N5O2. The fourth-order valence-electron chi connectivity index (χ4n) is 2.88. The number of urea groups is 1. The van der Waals surface area contributed by atoms with Crippen molar-refractivity contribution in [1.29, 1.82) is 0 Å². The van der Waals surface area contributed by atoms with E-state index in [4.69, 9.17) is 0 Å². The largest absolute Gasteiger partial charge is 0.345 e. The second kappa shape index (κ2) is 7.33.